The summed E-state index contributed by atoms with van der Waals surface area (Å²) < 4.78 is 5.78. The zero-order chi connectivity index (χ0) is 14.7. The van der Waals surface area contributed by atoms with Gasteiger partial charge in [-0.15, -0.1) is 0 Å². The van der Waals surface area contributed by atoms with Gasteiger partial charge in [0.25, 0.3) is 5.69 Å². The van der Waals surface area contributed by atoms with E-state index in [1.54, 1.807) is 6.07 Å². The van der Waals surface area contributed by atoms with Gasteiger partial charge in [0.1, 0.15) is 17.2 Å². The molecule has 0 spiro atoms. The highest BCUT2D eigenvalue weighted by molar-refractivity contribution is 5.61. The number of nitrogen functional groups attached to an aromatic ring is 1. The molecule has 0 aromatic heterocycles. The van der Waals surface area contributed by atoms with E-state index in [0.29, 0.717) is 11.7 Å². The molecule has 5 heteroatoms. The van der Waals surface area contributed by atoms with Crippen molar-refractivity contribution >= 4 is 11.4 Å². The van der Waals surface area contributed by atoms with Gasteiger partial charge in [-0.05, 0) is 23.6 Å². The van der Waals surface area contributed by atoms with E-state index in [2.05, 4.69) is 13.8 Å². The Balaban J connectivity index is 2.31. The van der Waals surface area contributed by atoms with Gasteiger partial charge in [0.15, 0.2) is 0 Å². The first-order valence-electron chi connectivity index (χ1n) is 6.29. The first-order chi connectivity index (χ1) is 9.49. The van der Waals surface area contributed by atoms with Gasteiger partial charge >= 0.3 is 0 Å². The standard InChI is InChI=1S/C15H16N2O3/c1-10(2)12-5-3-4-6-15(12)20-11-7-8-14(17(18)19)13(16)9-11/h3-10H,16H2,1-2H3. The first-order valence-corrected chi connectivity index (χ1v) is 6.29. The molecule has 0 atom stereocenters. The number of hydrogen-bond acceptors (Lipinski definition) is 4. The van der Waals surface area contributed by atoms with Gasteiger partial charge in [0, 0.05) is 12.1 Å². The molecule has 0 saturated heterocycles. The zero-order valence-corrected chi connectivity index (χ0v) is 11.4. The van der Waals surface area contributed by atoms with Gasteiger partial charge in [0.2, 0.25) is 0 Å². The number of hydrogen-bond donors (Lipinski definition) is 1. The lowest BCUT2D eigenvalue weighted by molar-refractivity contribution is -0.383. The molecule has 0 amide bonds. The Labute approximate surface area is 117 Å². The molecular formula is C15H16N2O3. The van der Waals surface area contributed by atoms with Crippen LogP contribution in [0.15, 0.2) is 42.5 Å². The lowest BCUT2D eigenvalue weighted by atomic mass is 10.0. The third kappa shape index (κ3) is 2.88. The first kappa shape index (κ1) is 13.9. The van der Waals surface area contributed by atoms with Crippen LogP contribution in [0, 0.1) is 10.1 Å². The molecule has 2 aromatic carbocycles. The summed E-state index contributed by atoms with van der Waals surface area (Å²) in [5.74, 6) is 1.54. The normalized spacial score (nSPS) is 10.6. The maximum absolute atomic E-state index is 10.7. The number of anilines is 1. The molecule has 0 aliphatic carbocycles. The second kappa shape index (κ2) is 5.61. The smallest absolute Gasteiger partial charge is 0.292 e. The summed E-state index contributed by atoms with van der Waals surface area (Å²) in [6, 6.07) is 12.1. The van der Waals surface area contributed by atoms with Crippen LogP contribution >= 0.6 is 0 Å². The number of nitrogens with zero attached hydrogens (tertiary/aromatic N) is 1. The fourth-order valence-corrected chi connectivity index (χ4v) is 1.94. The van der Waals surface area contributed by atoms with Crippen LogP contribution in [0.3, 0.4) is 0 Å². The highest BCUT2D eigenvalue weighted by Gasteiger charge is 2.13. The van der Waals surface area contributed by atoms with Gasteiger partial charge in [-0.1, -0.05) is 32.0 Å². The van der Waals surface area contributed by atoms with E-state index in [-0.39, 0.29) is 11.4 Å². The molecule has 0 heterocycles. The Morgan fingerprint density at radius 1 is 1.20 bits per heavy atom. The fourth-order valence-electron chi connectivity index (χ4n) is 1.94. The Bertz CT molecular complexity index is 639. The number of para-hydroxylation sites is 1. The second-order valence-corrected chi connectivity index (χ2v) is 4.77. The summed E-state index contributed by atoms with van der Waals surface area (Å²) in [5.41, 5.74) is 6.70. The second-order valence-electron chi connectivity index (χ2n) is 4.77. The monoisotopic (exact) mass is 272 g/mol. The summed E-state index contributed by atoms with van der Waals surface area (Å²) in [4.78, 5) is 10.2. The largest absolute Gasteiger partial charge is 0.457 e. The topological polar surface area (TPSA) is 78.4 Å². The number of rotatable bonds is 4. The van der Waals surface area contributed by atoms with Crippen molar-refractivity contribution in [2.45, 2.75) is 19.8 Å². The third-order valence-electron chi connectivity index (χ3n) is 2.96. The van der Waals surface area contributed by atoms with E-state index in [9.17, 15) is 10.1 Å². The van der Waals surface area contributed by atoms with E-state index in [1.807, 2.05) is 24.3 Å². The lowest BCUT2D eigenvalue weighted by Crippen LogP contribution is -1.97. The van der Waals surface area contributed by atoms with Crippen LogP contribution in [0.2, 0.25) is 0 Å². The van der Waals surface area contributed by atoms with E-state index in [1.165, 1.54) is 12.1 Å². The van der Waals surface area contributed by atoms with Crippen LogP contribution in [0.5, 0.6) is 11.5 Å². The quantitative estimate of drug-likeness (QED) is 0.516. The molecule has 0 aliphatic heterocycles. The Hall–Kier alpha value is -2.56. The van der Waals surface area contributed by atoms with Gasteiger partial charge in [-0.3, -0.25) is 10.1 Å². The number of nitro benzene ring substituents is 1. The van der Waals surface area contributed by atoms with E-state index in [4.69, 9.17) is 10.5 Å². The zero-order valence-electron chi connectivity index (χ0n) is 11.4. The van der Waals surface area contributed by atoms with Crippen molar-refractivity contribution in [3.63, 3.8) is 0 Å². The maximum Gasteiger partial charge on any atom is 0.292 e. The van der Waals surface area contributed by atoms with E-state index < -0.39 is 4.92 Å². The fraction of sp³-hybridized carbons (Fsp3) is 0.200. The predicted octanol–water partition coefficient (Wildman–Crippen LogP) is 4.09. The van der Waals surface area contributed by atoms with Crippen LogP contribution in [-0.4, -0.2) is 4.92 Å². The average molecular weight is 272 g/mol. The Kier molecular flexibility index (Phi) is 3.89. The summed E-state index contributed by atoms with van der Waals surface area (Å²) >= 11 is 0. The van der Waals surface area contributed by atoms with Crippen molar-refractivity contribution in [2.75, 3.05) is 5.73 Å². The minimum atomic E-state index is -0.513. The van der Waals surface area contributed by atoms with Crippen molar-refractivity contribution < 1.29 is 9.66 Å². The van der Waals surface area contributed by atoms with Crippen molar-refractivity contribution in [1.29, 1.82) is 0 Å². The number of nitro groups is 1. The summed E-state index contributed by atoms with van der Waals surface area (Å²) in [6.07, 6.45) is 0. The molecule has 0 radical (unpaired) electrons. The number of ether oxygens (including phenoxy) is 1. The third-order valence-corrected chi connectivity index (χ3v) is 2.96. The average Bonchev–Trinajstić information content (AvgIpc) is 2.38. The number of nitrogens with two attached hydrogens (primary N) is 1. The predicted molar refractivity (Wildman–Crippen MR) is 78.1 cm³/mol. The SMILES string of the molecule is CC(C)c1ccccc1Oc1ccc([N+](=O)[O-])c(N)c1. The molecule has 0 unspecified atom stereocenters. The molecule has 2 aromatic rings. The maximum atomic E-state index is 10.7. The molecule has 0 aliphatic rings. The van der Waals surface area contributed by atoms with E-state index in [0.717, 1.165) is 11.3 Å². The summed E-state index contributed by atoms with van der Waals surface area (Å²) in [6.45, 7) is 4.15. The van der Waals surface area contributed by atoms with Crippen molar-refractivity contribution in [2.24, 2.45) is 0 Å². The molecule has 0 fully saturated rings. The van der Waals surface area contributed by atoms with Crippen molar-refractivity contribution in [3.8, 4) is 11.5 Å². The van der Waals surface area contributed by atoms with Crippen LogP contribution in [0.1, 0.15) is 25.3 Å². The van der Waals surface area contributed by atoms with Gasteiger partial charge < -0.3 is 10.5 Å². The molecular weight excluding hydrogens is 256 g/mol. The molecule has 0 bridgehead atoms. The summed E-state index contributed by atoms with van der Waals surface area (Å²) in [5, 5.41) is 10.7. The van der Waals surface area contributed by atoms with E-state index >= 15 is 0 Å². The summed E-state index contributed by atoms with van der Waals surface area (Å²) in [7, 11) is 0. The van der Waals surface area contributed by atoms with Crippen LogP contribution < -0.4 is 10.5 Å². The van der Waals surface area contributed by atoms with Gasteiger partial charge in [0.05, 0.1) is 4.92 Å². The van der Waals surface area contributed by atoms with Crippen molar-refractivity contribution in [1.82, 2.24) is 0 Å². The molecule has 2 N–H and O–H groups in total. The highest BCUT2D eigenvalue weighted by atomic mass is 16.6. The van der Waals surface area contributed by atoms with Gasteiger partial charge in [-0.2, -0.15) is 0 Å². The molecule has 104 valence electrons. The molecule has 20 heavy (non-hydrogen) atoms. The number of benzene rings is 2. The molecule has 0 saturated carbocycles. The molecule has 2 rings (SSSR count). The Morgan fingerprint density at radius 2 is 1.90 bits per heavy atom. The van der Waals surface area contributed by atoms with Gasteiger partial charge in [-0.25, -0.2) is 0 Å². The Morgan fingerprint density at radius 3 is 2.50 bits per heavy atom. The minimum Gasteiger partial charge on any atom is -0.457 e. The lowest BCUT2D eigenvalue weighted by Gasteiger charge is -2.13. The highest BCUT2D eigenvalue weighted by Crippen LogP contribution is 2.33. The van der Waals surface area contributed by atoms with Crippen LogP contribution in [0.4, 0.5) is 11.4 Å². The minimum absolute atomic E-state index is 0.0922. The molecule has 5 nitrogen and oxygen atoms in total. The van der Waals surface area contributed by atoms with Crippen molar-refractivity contribution in [3.05, 3.63) is 58.1 Å². The van der Waals surface area contributed by atoms with Crippen LogP contribution in [0.25, 0.3) is 0 Å². The van der Waals surface area contributed by atoms with Crippen LogP contribution in [-0.2, 0) is 0 Å².